The summed E-state index contributed by atoms with van der Waals surface area (Å²) in [6, 6.07) is 14.8. The van der Waals surface area contributed by atoms with Gasteiger partial charge in [-0.1, -0.05) is 49.4 Å². The lowest BCUT2D eigenvalue weighted by Gasteiger charge is -2.04. The van der Waals surface area contributed by atoms with Crippen LogP contribution in [-0.2, 0) is 6.54 Å². The Morgan fingerprint density at radius 2 is 1.95 bits per heavy atom. The van der Waals surface area contributed by atoms with E-state index in [1.807, 2.05) is 6.20 Å². The molecule has 3 aromatic rings. The number of aromatic nitrogens is 2. The first-order valence-corrected chi connectivity index (χ1v) is 6.61. The summed E-state index contributed by atoms with van der Waals surface area (Å²) in [6.07, 6.45) is 1.91. The third-order valence-electron chi connectivity index (χ3n) is 3.25. The van der Waals surface area contributed by atoms with E-state index in [2.05, 4.69) is 64.7 Å². The van der Waals surface area contributed by atoms with E-state index < -0.39 is 0 Å². The van der Waals surface area contributed by atoms with Crippen molar-refractivity contribution < 1.29 is 0 Å². The minimum Gasteiger partial charge on any atom is -0.341 e. The van der Waals surface area contributed by atoms with Gasteiger partial charge in [0.05, 0.1) is 18.4 Å². The monoisotopic (exact) mass is 251 g/mol. The molecule has 0 saturated carbocycles. The molecule has 0 saturated heterocycles. The quantitative estimate of drug-likeness (QED) is 0.746. The molecule has 0 atom stereocenters. The Balaban J connectivity index is 2.02. The molecule has 0 amide bonds. The van der Waals surface area contributed by atoms with Crippen molar-refractivity contribution in [2.45, 2.75) is 13.5 Å². The molecule has 0 aliphatic heterocycles. The van der Waals surface area contributed by atoms with Gasteiger partial charge >= 0.3 is 0 Å². The zero-order valence-corrected chi connectivity index (χ0v) is 11.0. The van der Waals surface area contributed by atoms with Gasteiger partial charge in [-0.2, -0.15) is 0 Å². The number of nitrogens with one attached hydrogen (secondary N) is 2. The molecular weight excluding hydrogens is 234 g/mol. The lowest BCUT2D eigenvalue weighted by atomic mass is 10.0. The molecule has 0 aliphatic carbocycles. The highest BCUT2D eigenvalue weighted by atomic mass is 15.0. The van der Waals surface area contributed by atoms with Crippen LogP contribution in [0.1, 0.15) is 12.7 Å². The van der Waals surface area contributed by atoms with E-state index in [0.717, 1.165) is 24.6 Å². The Hall–Kier alpha value is -2.13. The van der Waals surface area contributed by atoms with Crippen LogP contribution >= 0.6 is 0 Å². The molecule has 0 bridgehead atoms. The van der Waals surface area contributed by atoms with Crippen molar-refractivity contribution in [3.05, 3.63) is 54.5 Å². The van der Waals surface area contributed by atoms with E-state index in [9.17, 15) is 0 Å². The van der Waals surface area contributed by atoms with E-state index >= 15 is 0 Å². The minimum absolute atomic E-state index is 0.779. The largest absolute Gasteiger partial charge is 0.341 e. The maximum Gasteiger partial charge on any atom is 0.120 e. The van der Waals surface area contributed by atoms with E-state index in [0.29, 0.717) is 0 Å². The Bertz CT molecular complexity index is 680. The van der Waals surface area contributed by atoms with Gasteiger partial charge in [0.1, 0.15) is 5.82 Å². The SMILES string of the molecule is CCNCc1ncc(-c2cccc3ccccc23)[nH]1. The third kappa shape index (κ3) is 2.37. The van der Waals surface area contributed by atoms with Gasteiger partial charge in [0.15, 0.2) is 0 Å². The van der Waals surface area contributed by atoms with Gasteiger partial charge in [-0.3, -0.25) is 0 Å². The number of imidazole rings is 1. The fourth-order valence-electron chi connectivity index (χ4n) is 2.29. The Kier molecular flexibility index (Phi) is 3.29. The molecule has 19 heavy (non-hydrogen) atoms. The fourth-order valence-corrected chi connectivity index (χ4v) is 2.29. The van der Waals surface area contributed by atoms with E-state index in [-0.39, 0.29) is 0 Å². The van der Waals surface area contributed by atoms with E-state index in [1.54, 1.807) is 0 Å². The van der Waals surface area contributed by atoms with Crippen LogP contribution in [0.4, 0.5) is 0 Å². The van der Waals surface area contributed by atoms with Crippen molar-refractivity contribution in [3.63, 3.8) is 0 Å². The molecule has 0 aliphatic rings. The molecule has 1 aromatic heterocycles. The van der Waals surface area contributed by atoms with Crippen molar-refractivity contribution in [3.8, 4) is 11.3 Å². The van der Waals surface area contributed by atoms with Crippen molar-refractivity contribution >= 4 is 10.8 Å². The first kappa shape index (κ1) is 11.9. The maximum atomic E-state index is 4.42. The summed E-state index contributed by atoms with van der Waals surface area (Å²) in [7, 11) is 0. The van der Waals surface area contributed by atoms with E-state index in [4.69, 9.17) is 0 Å². The van der Waals surface area contributed by atoms with Crippen molar-refractivity contribution in [2.75, 3.05) is 6.54 Å². The molecular formula is C16H17N3. The van der Waals surface area contributed by atoms with Gasteiger partial charge < -0.3 is 10.3 Å². The average molecular weight is 251 g/mol. The summed E-state index contributed by atoms with van der Waals surface area (Å²) in [6.45, 7) is 3.82. The third-order valence-corrected chi connectivity index (χ3v) is 3.25. The molecule has 3 rings (SSSR count). The number of rotatable bonds is 4. The van der Waals surface area contributed by atoms with Crippen molar-refractivity contribution in [1.29, 1.82) is 0 Å². The predicted molar refractivity (Wildman–Crippen MR) is 78.9 cm³/mol. The molecule has 0 fully saturated rings. The van der Waals surface area contributed by atoms with Crippen molar-refractivity contribution in [1.82, 2.24) is 15.3 Å². The minimum atomic E-state index is 0.779. The van der Waals surface area contributed by atoms with Crippen LogP contribution < -0.4 is 5.32 Å². The molecule has 3 nitrogen and oxygen atoms in total. The smallest absolute Gasteiger partial charge is 0.120 e. The second-order valence-electron chi connectivity index (χ2n) is 4.55. The zero-order valence-electron chi connectivity index (χ0n) is 11.0. The summed E-state index contributed by atoms with van der Waals surface area (Å²) in [4.78, 5) is 7.80. The van der Waals surface area contributed by atoms with Crippen LogP contribution in [0.25, 0.3) is 22.0 Å². The predicted octanol–water partition coefficient (Wildman–Crippen LogP) is 3.34. The topological polar surface area (TPSA) is 40.7 Å². The van der Waals surface area contributed by atoms with Crippen LogP contribution in [-0.4, -0.2) is 16.5 Å². The van der Waals surface area contributed by atoms with Crippen molar-refractivity contribution in [2.24, 2.45) is 0 Å². The van der Waals surface area contributed by atoms with Gasteiger partial charge in [0.25, 0.3) is 0 Å². The van der Waals surface area contributed by atoms with Gasteiger partial charge in [-0.15, -0.1) is 0 Å². The summed E-state index contributed by atoms with van der Waals surface area (Å²) in [5.41, 5.74) is 2.28. The number of hydrogen-bond acceptors (Lipinski definition) is 2. The van der Waals surface area contributed by atoms with Crippen LogP contribution in [0.15, 0.2) is 48.7 Å². The number of hydrogen-bond donors (Lipinski definition) is 2. The summed E-state index contributed by atoms with van der Waals surface area (Å²) in [5.74, 6) is 0.977. The molecule has 2 aromatic carbocycles. The number of H-pyrrole nitrogens is 1. The first-order valence-electron chi connectivity index (χ1n) is 6.61. The van der Waals surface area contributed by atoms with E-state index in [1.165, 1.54) is 16.3 Å². The maximum absolute atomic E-state index is 4.42. The first-order chi connectivity index (χ1) is 9.38. The molecule has 1 heterocycles. The number of nitrogens with zero attached hydrogens (tertiary/aromatic N) is 1. The van der Waals surface area contributed by atoms with Crippen LogP contribution in [0, 0.1) is 0 Å². The second-order valence-corrected chi connectivity index (χ2v) is 4.55. The standard InChI is InChI=1S/C16H17N3/c1-2-17-11-16-18-10-15(19-16)14-9-5-7-12-6-3-4-8-13(12)14/h3-10,17H,2,11H2,1H3,(H,18,19). The molecule has 96 valence electrons. The highest BCUT2D eigenvalue weighted by Crippen LogP contribution is 2.27. The average Bonchev–Trinajstić information content (AvgIpc) is 2.93. The lowest BCUT2D eigenvalue weighted by Crippen LogP contribution is -2.12. The fraction of sp³-hybridized carbons (Fsp3) is 0.188. The Morgan fingerprint density at radius 1 is 1.11 bits per heavy atom. The number of aromatic amines is 1. The summed E-state index contributed by atoms with van der Waals surface area (Å²) >= 11 is 0. The lowest BCUT2D eigenvalue weighted by molar-refractivity contribution is 0.698. The molecule has 0 spiro atoms. The molecule has 0 radical (unpaired) electrons. The summed E-state index contributed by atoms with van der Waals surface area (Å²) < 4.78 is 0. The van der Waals surface area contributed by atoms with Crippen LogP contribution in [0.5, 0.6) is 0 Å². The zero-order chi connectivity index (χ0) is 13.1. The molecule has 0 unspecified atom stereocenters. The van der Waals surface area contributed by atoms with Crippen LogP contribution in [0.2, 0.25) is 0 Å². The highest BCUT2D eigenvalue weighted by Gasteiger charge is 2.06. The van der Waals surface area contributed by atoms with Gasteiger partial charge in [-0.05, 0) is 17.3 Å². The number of fused-ring (bicyclic) bond motifs is 1. The van der Waals surface area contributed by atoms with Gasteiger partial charge in [0.2, 0.25) is 0 Å². The van der Waals surface area contributed by atoms with Gasteiger partial charge in [0, 0.05) is 5.56 Å². The molecule has 3 heteroatoms. The summed E-state index contributed by atoms with van der Waals surface area (Å²) in [5, 5.41) is 5.78. The normalized spacial score (nSPS) is 11.0. The van der Waals surface area contributed by atoms with Gasteiger partial charge in [-0.25, -0.2) is 4.98 Å². The number of benzene rings is 2. The van der Waals surface area contributed by atoms with Crippen LogP contribution in [0.3, 0.4) is 0 Å². The Morgan fingerprint density at radius 3 is 2.84 bits per heavy atom. The highest BCUT2D eigenvalue weighted by molar-refractivity contribution is 5.95. The second kappa shape index (κ2) is 5.24. The Labute approximate surface area is 112 Å². The molecule has 2 N–H and O–H groups in total.